The number of carbonyl (C=O) groups excluding carboxylic acids is 3. The van der Waals surface area contributed by atoms with Crippen molar-refractivity contribution in [3.8, 4) is 17.6 Å². The molecule has 10 heteroatoms. The molecule has 0 aliphatic carbocycles. The molecule has 2 aromatic carbocycles. The van der Waals surface area contributed by atoms with Gasteiger partial charge in [-0.3, -0.25) is 14.4 Å². The summed E-state index contributed by atoms with van der Waals surface area (Å²) in [5, 5.41) is 12.3. The van der Waals surface area contributed by atoms with E-state index in [1.54, 1.807) is 52.9 Å². The van der Waals surface area contributed by atoms with E-state index in [0.717, 1.165) is 11.1 Å². The fourth-order valence-electron chi connectivity index (χ4n) is 5.65. The van der Waals surface area contributed by atoms with Gasteiger partial charge in [0.05, 0.1) is 25.1 Å². The third-order valence-electron chi connectivity index (χ3n) is 7.97. The molecule has 0 saturated carbocycles. The van der Waals surface area contributed by atoms with Gasteiger partial charge in [-0.25, -0.2) is 0 Å². The topological polar surface area (TPSA) is 117 Å². The number of nitrogens with zero attached hydrogens (tertiary/aromatic N) is 4. The lowest BCUT2D eigenvalue weighted by Gasteiger charge is -2.25. The van der Waals surface area contributed by atoms with Crippen molar-refractivity contribution in [2.24, 2.45) is 13.0 Å². The zero-order valence-electron chi connectivity index (χ0n) is 24.4. The monoisotopic (exact) mass is 581 g/mol. The van der Waals surface area contributed by atoms with Crippen LogP contribution in [0.1, 0.15) is 39.5 Å². The number of fused-ring (bicyclic) bond motifs is 4. The highest BCUT2D eigenvalue weighted by Crippen LogP contribution is 2.38. The van der Waals surface area contributed by atoms with E-state index in [9.17, 15) is 19.6 Å². The predicted molar refractivity (Wildman–Crippen MR) is 160 cm³/mol. The van der Waals surface area contributed by atoms with Crippen LogP contribution in [0.25, 0.3) is 6.08 Å². The molecule has 1 aromatic heterocycles. The van der Waals surface area contributed by atoms with Gasteiger partial charge in [0.25, 0.3) is 5.91 Å². The second kappa shape index (κ2) is 13.3. The van der Waals surface area contributed by atoms with Crippen molar-refractivity contribution in [2.45, 2.75) is 12.3 Å². The van der Waals surface area contributed by atoms with Crippen LogP contribution in [0.3, 0.4) is 0 Å². The molecule has 2 aliphatic rings. The van der Waals surface area contributed by atoms with Gasteiger partial charge < -0.3 is 29.2 Å². The number of amides is 3. The summed E-state index contributed by atoms with van der Waals surface area (Å²) in [6.07, 6.45) is 5.48. The normalized spacial score (nSPS) is 19.1. The average molecular weight is 582 g/mol. The highest BCUT2D eigenvalue weighted by atomic mass is 16.5. The zero-order chi connectivity index (χ0) is 30.3. The molecule has 2 atom stereocenters. The third kappa shape index (κ3) is 6.72. The molecule has 0 radical (unpaired) electrons. The van der Waals surface area contributed by atoms with Gasteiger partial charge >= 0.3 is 0 Å². The minimum atomic E-state index is -0.455. The number of hydrogen-bond acceptors (Lipinski definition) is 6. The van der Waals surface area contributed by atoms with Crippen LogP contribution in [-0.4, -0.2) is 78.5 Å². The highest BCUT2D eigenvalue weighted by Gasteiger charge is 2.40. The van der Waals surface area contributed by atoms with Crippen LogP contribution in [0.5, 0.6) is 11.5 Å². The lowest BCUT2D eigenvalue weighted by atomic mass is 9.88. The Hall–Kier alpha value is -5.04. The number of likely N-dealkylation sites (tertiary alicyclic amines) is 1. The summed E-state index contributed by atoms with van der Waals surface area (Å²) < 4.78 is 13.3. The number of aryl methyl sites for hydroxylation is 1. The van der Waals surface area contributed by atoms with Gasteiger partial charge in [0.1, 0.15) is 18.4 Å². The van der Waals surface area contributed by atoms with Gasteiger partial charge in [-0.15, -0.1) is 0 Å². The maximum absolute atomic E-state index is 13.5. The Morgan fingerprint density at radius 3 is 2.60 bits per heavy atom. The van der Waals surface area contributed by atoms with Crippen LogP contribution >= 0.6 is 0 Å². The number of rotatable bonds is 4. The largest absolute Gasteiger partial charge is 0.493 e. The van der Waals surface area contributed by atoms with E-state index in [-0.39, 0.29) is 36.8 Å². The van der Waals surface area contributed by atoms with Crippen molar-refractivity contribution in [3.63, 3.8) is 0 Å². The quantitative estimate of drug-likeness (QED) is 0.473. The molecule has 3 amide bonds. The standard InChI is InChI=1S/C33H35N5O5/c1-36-20-24(19-34)17-28(36)33(41)37-14-6-13-35-32(40)27-22-38(31(39)12-9-23-7-4-3-5-8-23)21-26(27)25-10-11-29(42-2)30(18-25)43-16-15-37/h3-5,7-12,17-18,20,26-27H,6,13-16,21-22H2,1-2H3,(H,35,40)/b12-9+/t26-,27+/m1/s1. The summed E-state index contributed by atoms with van der Waals surface area (Å²) in [5.41, 5.74) is 2.61. The van der Waals surface area contributed by atoms with E-state index in [4.69, 9.17) is 9.47 Å². The molecule has 0 unspecified atom stereocenters. The van der Waals surface area contributed by atoms with E-state index in [1.807, 2.05) is 48.5 Å². The first-order chi connectivity index (χ1) is 20.9. The smallest absolute Gasteiger partial charge is 0.270 e. The minimum Gasteiger partial charge on any atom is -0.493 e. The number of nitriles is 1. The number of methoxy groups -OCH3 is 1. The molecule has 3 aromatic rings. The van der Waals surface area contributed by atoms with Gasteiger partial charge in [-0.1, -0.05) is 36.4 Å². The van der Waals surface area contributed by atoms with Crippen molar-refractivity contribution in [1.29, 1.82) is 5.26 Å². The SMILES string of the molecule is COc1ccc2cc1OCCN(C(=O)c1cc(C#N)cn1C)CCCNC(=O)[C@H]1CN(C(=O)/C=C/c3ccccc3)C[C@H]21. The van der Waals surface area contributed by atoms with Crippen LogP contribution in [0.4, 0.5) is 0 Å². The number of nitrogens with one attached hydrogen (secondary N) is 1. The number of benzene rings is 2. The number of aromatic nitrogens is 1. The Labute approximate surface area is 251 Å². The number of hydrogen-bond donors (Lipinski definition) is 1. The Morgan fingerprint density at radius 2 is 1.86 bits per heavy atom. The summed E-state index contributed by atoms with van der Waals surface area (Å²) in [7, 11) is 3.29. The van der Waals surface area contributed by atoms with Crippen molar-refractivity contribution in [1.82, 2.24) is 19.7 Å². The lowest BCUT2D eigenvalue weighted by Crippen LogP contribution is -2.39. The molecular weight excluding hydrogens is 546 g/mol. The van der Waals surface area contributed by atoms with Crippen molar-refractivity contribution < 1.29 is 23.9 Å². The van der Waals surface area contributed by atoms with Gasteiger partial charge in [-0.2, -0.15) is 5.26 Å². The first kappa shape index (κ1) is 29.5. The Bertz CT molecular complexity index is 1560. The van der Waals surface area contributed by atoms with Crippen molar-refractivity contribution in [3.05, 3.63) is 89.3 Å². The number of ether oxygens (including phenoxy) is 2. The molecule has 0 spiro atoms. The van der Waals surface area contributed by atoms with Crippen LogP contribution in [0.2, 0.25) is 0 Å². The first-order valence-corrected chi connectivity index (χ1v) is 14.3. The van der Waals surface area contributed by atoms with Gasteiger partial charge in [-0.05, 0) is 41.8 Å². The molecule has 2 aliphatic heterocycles. The molecule has 3 heterocycles. The fourth-order valence-corrected chi connectivity index (χ4v) is 5.65. The molecule has 2 bridgehead atoms. The number of carbonyl (C=O) groups is 3. The van der Waals surface area contributed by atoms with Gasteiger partial charge in [0, 0.05) is 51.4 Å². The Balaban J connectivity index is 1.37. The van der Waals surface area contributed by atoms with Gasteiger partial charge in [0.15, 0.2) is 11.5 Å². The maximum atomic E-state index is 13.5. The molecule has 10 nitrogen and oxygen atoms in total. The van der Waals surface area contributed by atoms with E-state index < -0.39 is 5.92 Å². The summed E-state index contributed by atoms with van der Waals surface area (Å²) in [6.45, 7) is 1.96. The van der Waals surface area contributed by atoms with E-state index >= 15 is 0 Å². The summed E-state index contributed by atoms with van der Waals surface area (Å²) >= 11 is 0. The zero-order valence-corrected chi connectivity index (χ0v) is 24.4. The van der Waals surface area contributed by atoms with E-state index in [1.165, 1.54) is 0 Å². The van der Waals surface area contributed by atoms with E-state index in [2.05, 4.69) is 11.4 Å². The first-order valence-electron chi connectivity index (χ1n) is 14.3. The Kier molecular flexibility index (Phi) is 9.11. The summed E-state index contributed by atoms with van der Waals surface area (Å²) in [5.74, 6) is -0.155. The van der Waals surface area contributed by atoms with Gasteiger partial charge in [0.2, 0.25) is 11.8 Å². The van der Waals surface area contributed by atoms with Crippen molar-refractivity contribution >= 4 is 23.8 Å². The van der Waals surface area contributed by atoms with Crippen LogP contribution in [0.15, 0.2) is 66.9 Å². The van der Waals surface area contributed by atoms with Crippen LogP contribution in [0, 0.1) is 17.2 Å². The molecule has 1 fully saturated rings. The molecule has 43 heavy (non-hydrogen) atoms. The second-order valence-electron chi connectivity index (χ2n) is 10.7. The maximum Gasteiger partial charge on any atom is 0.270 e. The Morgan fingerprint density at radius 1 is 1.07 bits per heavy atom. The molecule has 1 N–H and O–H groups in total. The third-order valence-corrected chi connectivity index (χ3v) is 7.97. The molecule has 1 saturated heterocycles. The molecule has 5 rings (SSSR count). The predicted octanol–water partition coefficient (Wildman–Crippen LogP) is 3.20. The molecule has 222 valence electrons. The average Bonchev–Trinajstić information content (AvgIpc) is 3.65. The lowest BCUT2D eigenvalue weighted by molar-refractivity contribution is -0.126. The fraction of sp³-hybridized carbons (Fsp3) is 0.333. The summed E-state index contributed by atoms with van der Waals surface area (Å²) in [6, 6.07) is 18.8. The molecular formula is C33H35N5O5. The van der Waals surface area contributed by atoms with E-state index in [0.29, 0.717) is 55.4 Å². The van der Waals surface area contributed by atoms with Crippen molar-refractivity contribution in [2.75, 3.05) is 46.4 Å². The second-order valence-corrected chi connectivity index (χ2v) is 10.7. The van der Waals surface area contributed by atoms with Crippen LogP contribution < -0.4 is 14.8 Å². The summed E-state index contributed by atoms with van der Waals surface area (Å²) in [4.78, 5) is 43.5. The van der Waals surface area contributed by atoms with Crippen LogP contribution in [-0.2, 0) is 16.6 Å². The minimum absolute atomic E-state index is 0.137. The highest BCUT2D eigenvalue weighted by molar-refractivity contribution is 5.94.